The zero-order valence-electron chi connectivity index (χ0n) is 16.7. The number of ether oxygens (including phenoxy) is 2. The van der Waals surface area contributed by atoms with E-state index in [1.165, 1.54) is 0 Å². The maximum Gasteiger partial charge on any atom is 0.246 e. The van der Waals surface area contributed by atoms with Gasteiger partial charge in [-0.15, -0.1) is 24.0 Å². The van der Waals surface area contributed by atoms with Gasteiger partial charge in [-0.1, -0.05) is 0 Å². The fraction of sp³-hybridized carbons (Fsp3) is 0.632. The van der Waals surface area contributed by atoms with Crippen LogP contribution in [0.25, 0.3) is 0 Å². The lowest BCUT2D eigenvalue weighted by Gasteiger charge is -2.34. The van der Waals surface area contributed by atoms with Crippen LogP contribution in [0.15, 0.2) is 29.5 Å². The number of carbonyl (C=O) groups excluding carboxylic acids is 1. The Hall–Kier alpha value is -1.46. The van der Waals surface area contributed by atoms with Crippen LogP contribution in [0.3, 0.4) is 0 Å². The average Bonchev–Trinajstić information content (AvgIpc) is 2.70. The molecule has 1 aliphatic rings. The SMILES string of the molecule is CCNC(=NCC(=O)Nc1cccnc1)N1CCC(OCCCOC)CC1.I. The van der Waals surface area contributed by atoms with Gasteiger partial charge in [0.05, 0.1) is 18.0 Å². The summed E-state index contributed by atoms with van der Waals surface area (Å²) in [5, 5.41) is 6.07. The molecule has 0 spiro atoms. The molecule has 8 nitrogen and oxygen atoms in total. The number of carbonyl (C=O) groups is 1. The highest BCUT2D eigenvalue weighted by Crippen LogP contribution is 2.14. The minimum atomic E-state index is -0.158. The van der Waals surface area contributed by atoms with E-state index in [1.54, 1.807) is 31.6 Å². The number of pyridine rings is 1. The molecule has 1 aromatic rings. The minimum Gasteiger partial charge on any atom is -0.385 e. The van der Waals surface area contributed by atoms with Gasteiger partial charge in [-0.2, -0.15) is 0 Å². The predicted molar refractivity (Wildman–Crippen MR) is 121 cm³/mol. The first-order chi connectivity index (χ1) is 13.2. The minimum absolute atomic E-state index is 0. The topological polar surface area (TPSA) is 88.1 Å². The first kappa shape index (κ1) is 24.6. The predicted octanol–water partition coefficient (Wildman–Crippen LogP) is 2.12. The lowest BCUT2D eigenvalue weighted by atomic mass is 10.1. The molecule has 1 amide bonds. The second kappa shape index (κ2) is 14.5. The van der Waals surface area contributed by atoms with Gasteiger partial charge in [0.25, 0.3) is 0 Å². The van der Waals surface area contributed by atoms with Crippen molar-refractivity contribution >= 4 is 41.5 Å². The quantitative estimate of drug-likeness (QED) is 0.232. The van der Waals surface area contributed by atoms with Crippen molar-refractivity contribution in [2.45, 2.75) is 32.3 Å². The van der Waals surface area contributed by atoms with Crippen LogP contribution in [-0.4, -0.2) is 74.4 Å². The fourth-order valence-electron chi connectivity index (χ4n) is 2.90. The number of methoxy groups -OCH3 is 1. The number of nitrogens with one attached hydrogen (secondary N) is 2. The van der Waals surface area contributed by atoms with Crippen LogP contribution in [0.4, 0.5) is 5.69 Å². The van der Waals surface area contributed by atoms with Gasteiger partial charge in [0.1, 0.15) is 6.54 Å². The van der Waals surface area contributed by atoms with Gasteiger partial charge in [0.15, 0.2) is 5.96 Å². The number of piperidine rings is 1. The summed E-state index contributed by atoms with van der Waals surface area (Å²) in [6.45, 7) is 6.06. The number of aliphatic imine (C=N–C) groups is 1. The van der Waals surface area contributed by atoms with Crippen molar-refractivity contribution in [3.63, 3.8) is 0 Å². The van der Waals surface area contributed by atoms with Crippen LogP contribution in [0, 0.1) is 0 Å². The highest BCUT2D eigenvalue weighted by molar-refractivity contribution is 14.0. The zero-order chi connectivity index (χ0) is 19.3. The molecule has 1 fully saturated rings. The molecular weight excluding hydrogens is 473 g/mol. The molecule has 1 aromatic heterocycles. The van der Waals surface area contributed by atoms with E-state index >= 15 is 0 Å². The van der Waals surface area contributed by atoms with Crippen molar-refractivity contribution in [3.8, 4) is 0 Å². The average molecular weight is 505 g/mol. The Morgan fingerprint density at radius 2 is 2.14 bits per heavy atom. The van der Waals surface area contributed by atoms with E-state index in [4.69, 9.17) is 9.47 Å². The monoisotopic (exact) mass is 505 g/mol. The summed E-state index contributed by atoms with van der Waals surface area (Å²) in [4.78, 5) is 22.8. The van der Waals surface area contributed by atoms with Gasteiger partial charge in [-0.3, -0.25) is 9.78 Å². The van der Waals surface area contributed by atoms with Crippen LogP contribution >= 0.6 is 24.0 Å². The number of likely N-dealkylation sites (tertiary alicyclic amines) is 1. The smallest absolute Gasteiger partial charge is 0.246 e. The molecule has 1 saturated heterocycles. The van der Waals surface area contributed by atoms with E-state index in [0.717, 1.165) is 58.1 Å². The normalized spacial score (nSPS) is 15.1. The maximum atomic E-state index is 12.1. The Morgan fingerprint density at radius 3 is 2.79 bits per heavy atom. The molecule has 0 bridgehead atoms. The van der Waals surface area contributed by atoms with E-state index in [2.05, 4.69) is 25.5 Å². The molecule has 0 aliphatic carbocycles. The van der Waals surface area contributed by atoms with Crippen molar-refractivity contribution in [1.29, 1.82) is 0 Å². The van der Waals surface area contributed by atoms with Crippen molar-refractivity contribution in [3.05, 3.63) is 24.5 Å². The van der Waals surface area contributed by atoms with E-state index in [-0.39, 0.29) is 42.5 Å². The van der Waals surface area contributed by atoms with Crippen LogP contribution in [-0.2, 0) is 14.3 Å². The van der Waals surface area contributed by atoms with Gasteiger partial charge in [-0.05, 0) is 38.3 Å². The standard InChI is InChI=1S/C19H31N5O3.HI/c1-3-21-19(22-15-18(25)23-16-6-4-9-20-14-16)24-10-7-17(8-11-24)27-13-5-12-26-2;/h4,6,9,14,17H,3,5,7-8,10-13,15H2,1-2H3,(H,21,22)(H,23,25);1H. The number of hydrogen-bond acceptors (Lipinski definition) is 5. The molecule has 2 rings (SSSR count). The summed E-state index contributed by atoms with van der Waals surface area (Å²) >= 11 is 0. The van der Waals surface area contributed by atoms with Crippen LogP contribution in [0.2, 0.25) is 0 Å². The molecule has 0 unspecified atom stereocenters. The molecule has 0 saturated carbocycles. The Bertz CT molecular complexity index is 580. The Balaban J connectivity index is 0.00000392. The highest BCUT2D eigenvalue weighted by atomic mass is 127. The van der Waals surface area contributed by atoms with Gasteiger partial charge < -0.3 is 25.0 Å². The van der Waals surface area contributed by atoms with Crippen LogP contribution in [0.1, 0.15) is 26.2 Å². The van der Waals surface area contributed by atoms with Crippen molar-refractivity contribution in [2.75, 3.05) is 51.8 Å². The second-order valence-electron chi connectivity index (χ2n) is 6.36. The number of aromatic nitrogens is 1. The molecule has 0 aromatic carbocycles. The highest BCUT2D eigenvalue weighted by Gasteiger charge is 2.22. The van der Waals surface area contributed by atoms with Gasteiger partial charge >= 0.3 is 0 Å². The first-order valence-corrected chi connectivity index (χ1v) is 9.56. The van der Waals surface area contributed by atoms with E-state index in [1.807, 2.05) is 6.92 Å². The fourth-order valence-corrected chi connectivity index (χ4v) is 2.90. The number of rotatable bonds is 9. The molecule has 0 radical (unpaired) electrons. The van der Waals surface area contributed by atoms with E-state index < -0.39 is 0 Å². The van der Waals surface area contributed by atoms with Gasteiger partial charge in [0, 0.05) is 46.2 Å². The molecule has 2 N–H and O–H groups in total. The number of anilines is 1. The zero-order valence-corrected chi connectivity index (χ0v) is 19.1. The third kappa shape index (κ3) is 9.16. The molecule has 1 aliphatic heterocycles. The van der Waals surface area contributed by atoms with E-state index in [0.29, 0.717) is 5.69 Å². The number of hydrogen-bond donors (Lipinski definition) is 2. The Morgan fingerprint density at radius 1 is 1.36 bits per heavy atom. The van der Waals surface area contributed by atoms with E-state index in [9.17, 15) is 4.79 Å². The van der Waals surface area contributed by atoms with Crippen molar-refractivity contribution in [2.24, 2.45) is 4.99 Å². The number of nitrogens with zero attached hydrogens (tertiary/aromatic N) is 3. The summed E-state index contributed by atoms with van der Waals surface area (Å²) in [7, 11) is 1.71. The van der Waals surface area contributed by atoms with Crippen LogP contribution < -0.4 is 10.6 Å². The summed E-state index contributed by atoms with van der Waals surface area (Å²) in [5.74, 6) is 0.617. The van der Waals surface area contributed by atoms with Gasteiger partial charge in [-0.25, -0.2) is 4.99 Å². The molecule has 28 heavy (non-hydrogen) atoms. The van der Waals surface area contributed by atoms with Crippen LogP contribution in [0.5, 0.6) is 0 Å². The van der Waals surface area contributed by atoms with Gasteiger partial charge in [0.2, 0.25) is 5.91 Å². The van der Waals surface area contributed by atoms with Crippen molar-refractivity contribution < 1.29 is 14.3 Å². The summed E-state index contributed by atoms with van der Waals surface area (Å²) in [6.07, 6.45) is 6.41. The summed E-state index contributed by atoms with van der Waals surface area (Å²) in [6, 6.07) is 3.58. The summed E-state index contributed by atoms with van der Waals surface area (Å²) in [5.41, 5.74) is 0.675. The first-order valence-electron chi connectivity index (χ1n) is 9.56. The number of halogens is 1. The largest absolute Gasteiger partial charge is 0.385 e. The number of amides is 1. The third-order valence-electron chi connectivity index (χ3n) is 4.24. The molecule has 2 heterocycles. The summed E-state index contributed by atoms with van der Waals surface area (Å²) < 4.78 is 10.9. The third-order valence-corrected chi connectivity index (χ3v) is 4.24. The number of guanidine groups is 1. The van der Waals surface area contributed by atoms with Crippen molar-refractivity contribution in [1.82, 2.24) is 15.2 Å². The molecule has 158 valence electrons. The maximum absolute atomic E-state index is 12.1. The Kier molecular flexibility index (Phi) is 12.8. The lowest BCUT2D eigenvalue weighted by Crippen LogP contribution is -2.47. The molecular formula is C19H32IN5O3. The molecule has 0 atom stereocenters. The second-order valence-corrected chi connectivity index (χ2v) is 6.36. The lowest BCUT2D eigenvalue weighted by molar-refractivity contribution is -0.114. The Labute approximate surface area is 184 Å². The molecule has 9 heteroatoms.